The zero-order valence-electron chi connectivity index (χ0n) is 10.4. The van der Waals surface area contributed by atoms with E-state index in [-0.39, 0.29) is 5.82 Å². The van der Waals surface area contributed by atoms with E-state index < -0.39 is 0 Å². The standard InChI is InChI=1S/C13H21FN2/c1-4-5-8-16(3)13-7-6-11(10-15-2)9-12(13)14/h6-7,9,15H,4-5,8,10H2,1-3H3. The number of halogens is 1. The molecule has 0 amide bonds. The SMILES string of the molecule is CCCCN(C)c1ccc(CNC)cc1F. The van der Waals surface area contributed by atoms with Gasteiger partial charge in [0.1, 0.15) is 5.82 Å². The van der Waals surface area contributed by atoms with Crippen LogP contribution in [0.4, 0.5) is 10.1 Å². The summed E-state index contributed by atoms with van der Waals surface area (Å²) in [6.07, 6.45) is 2.22. The smallest absolute Gasteiger partial charge is 0.146 e. The lowest BCUT2D eigenvalue weighted by molar-refractivity contribution is 0.616. The van der Waals surface area contributed by atoms with Crippen molar-refractivity contribution in [2.24, 2.45) is 0 Å². The van der Waals surface area contributed by atoms with Crippen LogP contribution >= 0.6 is 0 Å². The van der Waals surface area contributed by atoms with Gasteiger partial charge in [-0.15, -0.1) is 0 Å². The van der Waals surface area contributed by atoms with Crippen LogP contribution < -0.4 is 10.2 Å². The molecule has 1 aromatic rings. The molecule has 0 saturated heterocycles. The summed E-state index contributed by atoms with van der Waals surface area (Å²) < 4.78 is 13.8. The van der Waals surface area contributed by atoms with E-state index in [1.165, 1.54) is 0 Å². The highest BCUT2D eigenvalue weighted by atomic mass is 19.1. The number of unbranched alkanes of at least 4 members (excludes halogenated alkanes) is 1. The fourth-order valence-electron chi connectivity index (χ4n) is 1.69. The van der Waals surface area contributed by atoms with Crippen molar-refractivity contribution < 1.29 is 4.39 Å². The summed E-state index contributed by atoms with van der Waals surface area (Å²) in [5.41, 5.74) is 1.67. The average Bonchev–Trinajstić information content (AvgIpc) is 2.26. The van der Waals surface area contributed by atoms with Gasteiger partial charge in [0.05, 0.1) is 5.69 Å². The van der Waals surface area contributed by atoms with E-state index >= 15 is 0 Å². The first-order chi connectivity index (χ1) is 7.69. The maximum Gasteiger partial charge on any atom is 0.146 e. The molecule has 3 heteroatoms. The van der Waals surface area contributed by atoms with Gasteiger partial charge in [-0.05, 0) is 31.2 Å². The molecule has 0 bridgehead atoms. The lowest BCUT2D eigenvalue weighted by atomic mass is 10.2. The lowest BCUT2D eigenvalue weighted by Crippen LogP contribution is -2.19. The number of hydrogen-bond donors (Lipinski definition) is 1. The van der Waals surface area contributed by atoms with E-state index in [1.807, 2.05) is 31.1 Å². The molecule has 0 atom stereocenters. The van der Waals surface area contributed by atoms with Gasteiger partial charge in [-0.1, -0.05) is 19.4 Å². The van der Waals surface area contributed by atoms with Crippen molar-refractivity contribution in [1.29, 1.82) is 0 Å². The van der Waals surface area contributed by atoms with Crippen molar-refractivity contribution >= 4 is 5.69 Å². The Balaban J connectivity index is 2.73. The fraction of sp³-hybridized carbons (Fsp3) is 0.538. The molecule has 0 aromatic heterocycles. The second-order valence-corrected chi connectivity index (χ2v) is 4.09. The molecule has 16 heavy (non-hydrogen) atoms. The van der Waals surface area contributed by atoms with Gasteiger partial charge in [0.2, 0.25) is 0 Å². The van der Waals surface area contributed by atoms with Gasteiger partial charge in [0.25, 0.3) is 0 Å². The van der Waals surface area contributed by atoms with Crippen molar-refractivity contribution in [3.05, 3.63) is 29.6 Å². The van der Waals surface area contributed by atoms with E-state index in [0.29, 0.717) is 12.2 Å². The summed E-state index contributed by atoms with van der Waals surface area (Å²) in [4.78, 5) is 1.97. The van der Waals surface area contributed by atoms with Crippen molar-refractivity contribution in [3.8, 4) is 0 Å². The van der Waals surface area contributed by atoms with Crippen LogP contribution in [0.25, 0.3) is 0 Å². The van der Waals surface area contributed by atoms with Crippen LogP contribution in [-0.4, -0.2) is 20.6 Å². The van der Waals surface area contributed by atoms with Crippen LogP contribution in [0, 0.1) is 5.82 Å². The molecule has 2 nitrogen and oxygen atoms in total. The van der Waals surface area contributed by atoms with Crippen molar-refractivity contribution in [2.75, 3.05) is 25.5 Å². The molecule has 0 heterocycles. The summed E-state index contributed by atoms with van der Waals surface area (Å²) in [7, 11) is 3.80. The highest BCUT2D eigenvalue weighted by Crippen LogP contribution is 2.19. The largest absolute Gasteiger partial charge is 0.372 e. The zero-order valence-corrected chi connectivity index (χ0v) is 10.4. The van der Waals surface area contributed by atoms with E-state index in [2.05, 4.69) is 12.2 Å². The van der Waals surface area contributed by atoms with Crippen molar-refractivity contribution in [1.82, 2.24) is 5.32 Å². The Kier molecular flexibility index (Phi) is 5.26. The third kappa shape index (κ3) is 3.49. The first-order valence-corrected chi connectivity index (χ1v) is 5.83. The molecule has 0 saturated carbocycles. The van der Waals surface area contributed by atoms with E-state index in [0.717, 1.165) is 24.9 Å². The Morgan fingerprint density at radius 1 is 1.38 bits per heavy atom. The van der Waals surface area contributed by atoms with Gasteiger partial charge < -0.3 is 10.2 Å². The first-order valence-electron chi connectivity index (χ1n) is 5.83. The summed E-state index contributed by atoms with van der Waals surface area (Å²) in [5, 5.41) is 3.01. The predicted octanol–water partition coefficient (Wildman–Crippen LogP) is 2.78. The van der Waals surface area contributed by atoms with Crippen LogP contribution in [-0.2, 0) is 6.54 Å². The maximum atomic E-state index is 13.8. The van der Waals surface area contributed by atoms with Crippen LogP contribution in [0.15, 0.2) is 18.2 Å². The quantitative estimate of drug-likeness (QED) is 0.799. The highest BCUT2D eigenvalue weighted by molar-refractivity contribution is 5.48. The first kappa shape index (κ1) is 13.0. The lowest BCUT2D eigenvalue weighted by Gasteiger charge is -2.20. The Morgan fingerprint density at radius 2 is 2.12 bits per heavy atom. The molecule has 0 unspecified atom stereocenters. The minimum Gasteiger partial charge on any atom is -0.372 e. The highest BCUT2D eigenvalue weighted by Gasteiger charge is 2.07. The van der Waals surface area contributed by atoms with Crippen LogP contribution in [0.5, 0.6) is 0 Å². The Bertz CT molecular complexity index is 326. The van der Waals surface area contributed by atoms with E-state index in [4.69, 9.17) is 0 Å². The van der Waals surface area contributed by atoms with E-state index in [9.17, 15) is 4.39 Å². The van der Waals surface area contributed by atoms with Gasteiger partial charge in [0, 0.05) is 20.1 Å². The van der Waals surface area contributed by atoms with Crippen molar-refractivity contribution in [3.63, 3.8) is 0 Å². The third-order valence-electron chi connectivity index (χ3n) is 2.65. The third-order valence-corrected chi connectivity index (χ3v) is 2.65. The van der Waals surface area contributed by atoms with Gasteiger partial charge in [0.15, 0.2) is 0 Å². The number of anilines is 1. The van der Waals surface area contributed by atoms with Gasteiger partial charge in [-0.3, -0.25) is 0 Å². The molecule has 1 rings (SSSR count). The Hall–Kier alpha value is -1.09. The molecule has 1 aromatic carbocycles. The number of hydrogen-bond acceptors (Lipinski definition) is 2. The van der Waals surface area contributed by atoms with Crippen LogP contribution in [0.3, 0.4) is 0 Å². The second kappa shape index (κ2) is 6.48. The molecule has 0 aliphatic rings. The van der Waals surface area contributed by atoms with Crippen LogP contribution in [0.1, 0.15) is 25.3 Å². The number of benzene rings is 1. The summed E-state index contributed by atoms with van der Waals surface area (Å²) >= 11 is 0. The van der Waals surface area contributed by atoms with Crippen molar-refractivity contribution in [2.45, 2.75) is 26.3 Å². The second-order valence-electron chi connectivity index (χ2n) is 4.09. The van der Waals surface area contributed by atoms with Gasteiger partial charge in [-0.25, -0.2) is 4.39 Å². The van der Waals surface area contributed by atoms with E-state index in [1.54, 1.807) is 6.07 Å². The summed E-state index contributed by atoms with van der Waals surface area (Å²) in [5.74, 6) is -0.133. The molecule has 0 fully saturated rings. The number of rotatable bonds is 6. The Labute approximate surface area is 97.5 Å². The summed E-state index contributed by atoms with van der Waals surface area (Å²) in [6.45, 7) is 3.74. The predicted molar refractivity (Wildman–Crippen MR) is 67.3 cm³/mol. The minimum atomic E-state index is -0.133. The fourth-order valence-corrected chi connectivity index (χ4v) is 1.69. The topological polar surface area (TPSA) is 15.3 Å². The van der Waals surface area contributed by atoms with Gasteiger partial charge >= 0.3 is 0 Å². The summed E-state index contributed by atoms with van der Waals surface area (Å²) in [6, 6.07) is 5.43. The molecule has 1 N–H and O–H groups in total. The molecule has 90 valence electrons. The monoisotopic (exact) mass is 224 g/mol. The Morgan fingerprint density at radius 3 is 2.69 bits per heavy atom. The molecule has 0 aliphatic heterocycles. The molecule has 0 spiro atoms. The van der Waals surface area contributed by atoms with Gasteiger partial charge in [-0.2, -0.15) is 0 Å². The average molecular weight is 224 g/mol. The molecular formula is C13H21FN2. The number of nitrogens with one attached hydrogen (secondary N) is 1. The number of nitrogens with zero attached hydrogens (tertiary/aromatic N) is 1. The normalized spacial score (nSPS) is 10.5. The molecule has 0 radical (unpaired) electrons. The molecule has 0 aliphatic carbocycles. The van der Waals surface area contributed by atoms with Crippen LogP contribution in [0.2, 0.25) is 0 Å². The minimum absolute atomic E-state index is 0.133. The zero-order chi connectivity index (χ0) is 12.0. The molecular weight excluding hydrogens is 203 g/mol. The maximum absolute atomic E-state index is 13.8.